The van der Waals surface area contributed by atoms with Crippen molar-refractivity contribution >= 4 is 151 Å². The summed E-state index contributed by atoms with van der Waals surface area (Å²) in [4.78, 5) is 46.8. The highest BCUT2D eigenvalue weighted by atomic mass is 16.3. The molecule has 0 fully saturated rings. The smallest absolute Gasteiger partial charge is 0.167 e. The molecule has 0 saturated heterocycles. The van der Waals surface area contributed by atoms with Gasteiger partial charge in [0.05, 0.1) is 45.5 Å². The van der Waals surface area contributed by atoms with Crippen LogP contribution in [0.5, 0.6) is 5.75 Å². The van der Waals surface area contributed by atoms with Crippen molar-refractivity contribution < 1.29 is 5.11 Å². The van der Waals surface area contributed by atoms with Crippen LogP contribution in [0.15, 0.2) is 232 Å². The lowest BCUT2D eigenvalue weighted by molar-refractivity contribution is 0.478. The van der Waals surface area contributed by atoms with Crippen LogP contribution in [0.1, 0.15) is 66.8 Å². The summed E-state index contributed by atoms with van der Waals surface area (Å²) in [6.07, 6.45) is 17.6. The first-order chi connectivity index (χ1) is 40.7. The minimum Gasteiger partial charge on any atom is -0.504 e. The Hall–Kier alpha value is -10.3. The second-order valence-electron chi connectivity index (χ2n) is 17.7. The Kier molecular flexibility index (Phi) is 24.8. The molecule has 0 atom stereocenters. The Labute approximate surface area is 488 Å². The molecule has 1 heterocycles. The van der Waals surface area contributed by atoms with Gasteiger partial charge in [-0.1, -0.05) is 121 Å². The zero-order chi connectivity index (χ0) is 59.2. The Balaban J connectivity index is 0.000000172. The number of benzene rings is 9. The molecule has 10 aromatic rings. The van der Waals surface area contributed by atoms with E-state index in [1.807, 2.05) is 115 Å². The lowest BCUT2D eigenvalue weighted by Gasteiger charge is -2.15. The van der Waals surface area contributed by atoms with Crippen LogP contribution in [0.3, 0.4) is 0 Å². The van der Waals surface area contributed by atoms with Gasteiger partial charge in [-0.3, -0.25) is 49.9 Å². The lowest BCUT2D eigenvalue weighted by Crippen LogP contribution is -1.92. The van der Waals surface area contributed by atoms with Gasteiger partial charge in [0.2, 0.25) is 0 Å². The van der Waals surface area contributed by atoms with Gasteiger partial charge in [0.1, 0.15) is 11.4 Å². The Morgan fingerprint density at radius 3 is 1.01 bits per heavy atom. The zero-order valence-corrected chi connectivity index (χ0v) is 49.0. The van der Waals surface area contributed by atoms with E-state index in [9.17, 15) is 5.11 Å². The lowest BCUT2D eigenvalue weighted by atomic mass is 9.91. The zero-order valence-electron chi connectivity index (χ0n) is 49.0. The van der Waals surface area contributed by atoms with Gasteiger partial charge < -0.3 is 5.11 Å². The molecule has 0 spiro atoms. The van der Waals surface area contributed by atoms with Crippen molar-refractivity contribution in [3.05, 3.63) is 193 Å². The number of phenolic OH excluding ortho intramolecular Hbond substituents is 1. The quantitative estimate of drug-likeness (QED) is 0.128. The van der Waals surface area contributed by atoms with Crippen LogP contribution in [0.25, 0.3) is 54.2 Å². The number of aliphatic imine (C=N–C) groups is 10. The van der Waals surface area contributed by atoms with Crippen molar-refractivity contribution in [2.24, 2.45) is 49.9 Å². The van der Waals surface area contributed by atoms with Crippen LogP contribution in [0, 0.1) is 0 Å². The molecule has 0 radical (unpaired) electrons. The molecule has 12 heteroatoms. The molecule has 1 aromatic heterocycles. The monoisotopic (exact) mass is 1090 g/mol. The highest BCUT2D eigenvalue weighted by Crippen LogP contribution is 2.45. The van der Waals surface area contributed by atoms with Gasteiger partial charge in [0, 0.05) is 92.8 Å². The molecule has 0 amide bonds. The van der Waals surface area contributed by atoms with Crippen molar-refractivity contribution in [2.75, 3.05) is 14.1 Å². The first-order valence-corrected chi connectivity index (χ1v) is 27.3. The molecule has 83 heavy (non-hydrogen) atoms. The summed E-state index contributed by atoms with van der Waals surface area (Å²) in [7, 11) is 3.45. The predicted molar refractivity (Wildman–Crippen MR) is 365 cm³/mol. The second-order valence-corrected chi connectivity index (χ2v) is 17.7. The van der Waals surface area contributed by atoms with Crippen LogP contribution in [-0.2, 0) is 0 Å². The van der Waals surface area contributed by atoms with Gasteiger partial charge in [-0.2, -0.15) is 0 Å². The molecular formula is C71H71N11O. The maximum atomic E-state index is 9.62. The van der Waals surface area contributed by atoms with E-state index >= 15 is 0 Å². The van der Waals surface area contributed by atoms with Crippen molar-refractivity contribution in [3.8, 4) is 16.9 Å². The molecule has 0 saturated carbocycles. The minimum atomic E-state index is 0.124. The first-order valence-electron chi connectivity index (χ1n) is 27.3. The van der Waals surface area contributed by atoms with Crippen molar-refractivity contribution in [2.45, 2.75) is 55.4 Å². The van der Waals surface area contributed by atoms with E-state index in [2.05, 4.69) is 164 Å². The number of fused-ring (bicyclic) bond motifs is 4. The van der Waals surface area contributed by atoms with Gasteiger partial charge in [-0.05, 0) is 154 Å². The fourth-order valence-electron chi connectivity index (χ4n) is 8.92. The van der Waals surface area contributed by atoms with E-state index < -0.39 is 0 Å². The largest absolute Gasteiger partial charge is 0.504 e. The number of para-hydroxylation sites is 1. The standard InChI is InChI=1S/C24H20N2.2C14H14N2.C10H12N2O.C9H11N3/c1-3-25-21-15-13-17-9-5-7-11-19(17)23(21)24-20-12-8-6-10-18(20)14-16-22(24)26-4-2;1-3-15-12-9-5-7-11-8-6-10-13(14(11)12)16-4-2;1-3-15-13-9-11-7-5-6-8-12(11)10-14(13)16-4-2;1-3-11-8-6-5-7-9(10(8)13)12-4-2;1-10-6-8-4-3-5-9(12-8)7-11-2/h3-16H,1-2H3;2*3-10H,1-2H3;3-7,13H,1-2H3;3-7H,1-2H3. The Morgan fingerprint density at radius 2 is 0.614 bits per heavy atom. The molecule has 0 aliphatic heterocycles. The molecule has 10 rings (SSSR count). The molecule has 12 nitrogen and oxygen atoms in total. The third-order valence-electron chi connectivity index (χ3n) is 12.2. The first kappa shape index (κ1) is 61.9. The van der Waals surface area contributed by atoms with Gasteiger partial charge in [0.15, 0.2) is 5.75 Å². The highest BCUT2D eigenvalue weighted by Gasteiger charge is 2.16. The van der Waals surface area contributed by atoms with Crippen LogP contribution < -0.4 is 0 Å². The molecule has 0 aliphatic carbocycles. The van der Waals surface area contributed by atoms with Crippen molar-refractivity contribution in [1.29, 1.82) is 0 Å². The Morgan fingerprint density at radius 1 is 0.301 bits per heavy atom. The van der Waals surface area contributed by atoms with Gasteiger partial charge in [-0.15, -0.1) is 0 Å². The van der Waals surface area contributed by atoms with E-state index in [-0.39, 0.29) is 5.75 Å². The summed E-state index contributed by atoms with van der Waals surface area (Å²) < 4.78 is 0. The van der Waals surface area contributed by atoms with Crippen LogP contribution in [0.2, 0.25) is 0 Å². The fraction of sp³-hybridized carbons (Fsp3) is 0.141. The molecule has 0 unspecified atom stereocenters. The third-order valence-corrected chi connectivity index (χ3v) is 12.2. The molecule has 416 valence electrons. The summed E-state index contributed by atoms with van der Waals surface area (Å²) in [5, 5.41) is 19.1. The number of hydrogen-bond acceptors (Lipinski definition) is 12. The summed E-state index contributed by atoms with van der Waals surface area (Å²) in [5.41, 5.74) is 10.8. The topological polar surface area (TPSA) is 157 Å². The normalized spacial score (nSPS) is 11.8. The number of rotatable bonds is 11. The molecule has 0 aliphatic rings. The average molecular weight is 1090 g/mol. The number of pyridine rings is 1. The third kappa shape index (κ3) is 17.1. The molecule has 9 aromatic carbocycles. The second kappa shape index (κ2) is 33.3. The number of phenols is 1. The number of aromatic nitrogens is 1. The summed E-state index contributed by atoms with van der Waals surface area (Å²) in [5.74, 6) is 0.124. The van der Waals surface area contributed by atoms with E-state index in [4.69, 9.17) is 0 Å². The molecule has 0 bridgehead atoms. The molecule has 1 N–H and O–H groups in total. The van der Waals surface area contributed by atoms with E-state index in [1.54, 1.807) is 89.8 Å². The highest BCUT2D eigenvalue weighted by molar-refractivity contribution is 6.13. The van der Waals surface area contributed by atoms with E-state index in [1.165, 1.54) is 37.7 Å². The number of hydrogen-bond donors (Lipinski definition) is 1. The molecular weight excluding hydrogens is 1020 g/mol. The summed E-state index contributed by atoms with van der Waals surface area (Å²) >= 11 is 0. The SMILES string of the molecule is CC=Nc1cc2ccccc2cc1N=CC.CC=Nc1ccc2ccccc2c1-c1c(N=CC)ccc2ccccc12.CC=Nc1cccc(N=CC)c1O.CC=Nc1cccc2cccc(N=CC)c12.CN=Cc1cccc(C=NC)n1. The summed E-state index contributed by atoms with van der Waals surface area (Å²) in [6, 6.07) is 61.0. The fourth-order valence-corrected chi connectivity index (χ4v) is 8.92. The Bertz CT molecular complexity index is 3820. The van der Waals surface area contributed by atoms with Crippen LogP contribution >= 0.6 is 0 Å². The maximum Gasteiger partial charge on any atom is 0.167 e. The minimum absolute atomic E-state index is 0.124. The predicted octanol–water partition coefficient (Wildman–Crippen LogP) is 19.7. The number of nitrogens with zero attached hydrogens (tertiary/aromatic N) is 11. The summed E-state index contributed by atoms with van der Waals surface area (Å²) in [6.45, 7) is 15.2. The van der Waals surface area contributed by atoms with Crippen molar-refractivity contribution in [1.82, 2.24) is 4.98 Å². The van der Waals surface area contributed by atoms with Crippen LogP contribution in [0.4, 0.5) is 45.5 Å². The maximum absolute atomic E-state index is 9.62. The van der Waals surface area contributed by atoms with Gasteiger partial charge in [0.25, 0.3) is 0 Å². The van der Waals surface area contributed by atoms with E-state index in [0.29, 0.717) is 11.4 Å². The van der Waals surface area contributed by atoms with Crippen molar-refractivity contribution in [3.63, 3.8) is 0 Å². The number of aromatic hydroxyl groups is 1. The van der Waals surface area contributed by atoms with Crippen LogP contribution in [-0.4, -0.2) is 86.3 Å². The van der Waals surface area contributed by atoms with Gasteiger partial charge >= 0.3 is 0 Å². The van der Waals surface area contributed by atoms with E-state index in [0.717, 1.165) is 62.0 Å². The van der Waals surface area contributed by atoms with Gasteiger partial charge in [-0.25, -0.2) is 4.98 Å². The average Bonchev–Trinajstić information content (AvgIpc) is 3.22.